The fraction of sp³-hybridized carbons (Fsp3) is 0.364. The Morgan fingerprint density at radius 3 is 2.62 bits per heavy atom. The lowest BCUT2D eigenvalue weighted by Gasteiger charge is -2.11. The first kappa shape index (κ1) is 13.1. The van der Waals surface area contributed by atoms with E-state index in [1.165, 1.54) is 13.0 Å². The van der Waals surface area contributed by atoms with Crippen LogP contribution < -0.4 is 0 Å². The second kappa shape index (κ2) is 5.38. The summed E-state index contributed by atoms with van der Waals surface area (Å²) < 4.78 is 0.798. The Labute approximate surface area is 107 Å². The summed E-state index contributed by atoms with van der Waals surface area (Å²) in [5, 5.41) is 10.9. The minimum absolute atomic E-state index is 0.0354. The lowest BCUT2D eigenvalue weighted by atomic mass is 9.92. The van der Waals surface area contributed by atoms with Crippen molar-refractivity contribution in [2.75, 3.05) is 0 Å². The molecule has 0 bridgehead atoms. The Balaban J connectivity index is 3.31. The molecule has 0 N–H and O–H groups in total. The molecule has 0 amide bonds. The molecule has 1 aromatic rings. The normalized spacial score (nSPS) is 12.2. The molecule has 1 rings (SSSR count). The maximum absolute atomic E-state index is 11.4. The molecule has 16 heavy (non-hydrogen) atoms. The van der Waals surface area contributed by atoms with Crippen LogP contribution in [0.5, 0.6) is 0 Å². The first-order chi connectivity index (χ1) is 7.47. The molecule has 1 aromatic carbocycles. The van der Waals surface area contributed by atoms with Gasteiger partial charge in [-0.15, -0.1) is 0 Å². The van der Waals surface area contributed by atoms with Gasteiger partial charge in [-0.05, 0) is 42.0 Å². The highest BCUT2D eigenvalue weighted by molar-refractivity contribution is 14.1. The summed E-state index contributed by atoms with van der Waals surface area (Å²) in [6, 6.07) is 4.96. The molecule has 1 unspecified atom stereocenters. The fourth-order valence-electron chi connectivity index (χ4n) is 1.70. The number of hydrogen-bond donors (Lipinski definition) is 0. The summed E-state index contributed by atoms with van der Waals surface area (Å²) in [5.74, 6) is -0.413. The summed E-state index contributed by atoms with van der Waals surface area (Å²) in [5.41, 5.74) is 0.550. The van der Waals surface area contributed by atoms with Gasteiger partial charge in [0.1, 0.15) is 5.78 Å². The van der Waals surface area contributed by atoms with Crippen molar-refractivity contribution in [3.05, 3.63) is 37.4 Å². The molecule has 0 radical (unpaired) electrons. The highest BCUT2D eigenvalue weighted by atomic mass is 127. The number of carbonyl (C=O) groups excluding carboxylic acids is 1. The highest BCUT2D eigenvalue weighted by Gasteiger charge is 2.24. The van der Waals surface area contributed by atoms with Crippen molar-refractivity contribution in [1.29, 1.82) is 0 Å². The lowest BCUT2D eigenvalue weighted by Crippen LogP contribution is -2.10. The molecule has 86 valence electrons. The number of hydrogen-bond acceptors (Lipinski definition) is 3. The number of nitro groups is 1. The second-order valence-corrected chi connectivity index (χ2v) is 4.78. The predicted octanol–water partition coefficient (Wildman–Crippen LogP) is 3.28. The zero-order valence-corrected chi connectivity index (χ0v) is 11.2. The average molecular weight is 333 g/mol. The third kappa shape index (κ3) is 2.78. The first-order valence-electron chi connectivity index (χ1n) is 4.91. The Kier molecular flexibility index (Phi) is 4.40. The molecule has 0 aliphatic carbocycles. The molecule has 1 atom stereocenters. The van der Waals surface area contributed by atoms with Crippen LogP contribution in [0.3, 0.4) is 0 Å². The monoisotopic (exact) mass is 333 g/mol. The van der Waals surface area contributed by atoms with Gasteiger partial charge in [0.2, 0.25) is 0 Å². The number of Topliss-reactive ketones (excluding diaryl/α,β-unsaturated/α-hetero) is 1. The van der Waals surface area contributed by atoms with E-state index in [1.807, 2.05) is 29.5 Å². The van der Waals surface area contributed by atoms with Crippen LogP contribution in [0.25, 0.3) is 0 Å². The summed E-state index contributed by atoms with van der Waals surface area (Å²) in [6.07, 6.45) is 0.580. The van der Waals surface area contributed by atoms with Gasteiger partial charge in [0.15, 0.2) is 0 Å². The Morgan fingerprint density at radius 2 is 2.19 bits per heavy atom. The minimum Gasteiger partial charge on any atom is -0.299 e. The Hall–Kier alpha value is -0.980. The SMILES string of the molecule is CCC(C(C)=O)c1ccc(I)cc1[N+](=O)[O-]. The van der Waals surface area contributed by atoms with Crippen molar-refractivity contribution in [2.24, 2.45) is 0 Å². The predicted molar refractivity (Wildman–Crippen MR) is 69.5 cm³/mol. The van der Waals surface area contributed by atoms with E-state index in [4.69, 9.17) is 0 Å². The zero-order valence-electron chi connectivity index (χ0n) is 9.07. The van der Waals surface area contributed by atoms with Crippen LogP contribution in [-0.2, 0) is 4.79 Å². The number of carbonyl (C=O) groups is 1. The maximum Gasteiger partial charge on any atom is 0.274 e. The molecular weight excluding hydrogens is 321 g/mol. The number of nitro benzene ring substituents is 1. The number of benzene rings is 1. The van der Waals surface area contributed by atoms with Gasteiger partial charge in [0.25, 0.3) is 5.69 Å². The van der Waals surface area contributed by atoms with E-state index in [0.717, 1.165) is 3.57 Å². The fourth-order valence-corrected chi connectivity index (χ4v) is 2.17. The van der Waals surface area contributed by atoms with Crippen molar-refractivity contribution in [3.8, 4) is 0 Å². The Morgan fingerprint density at radius 1 is 1.56 bits per heavy atom. The van der Waals surface area contributed by atoms with E-state index in [2.05, 4.69) is 0 Å². The summed E-state index contributed by atoms with van der Waals surface area (Å²) in [4.78, 5) is 21.9. The number of ketones is 1. The van der Waals surface area contributed by atoms with Gasteiger partial charge in [-0.3, -0.25) is 14.9 Å². The van der Waals surface area contributed by atoms with Gasteiger partial charge in [-0.2, -0.15) is 0 Å². The molecule has 0 saturated carbocycles. The van der Waals surface area contributed by atoms with Crippen LogP contribution in [0.15, 0.2) is 18.2 Å². The molecule has 0 aromatic heterocycles. The van der Waals surface area contributed by atoms with Crippen LogP contribution in [0.2, 0.25) is 0 Å². The molecule has 5 heteroatoms. The third-order valence-corrected chi connectivity index (χ3v) is 3.13. The van der Waals surface area contributed by atoms with Crippen LogP contribution in [0.1, 0.15) is 31.7 Å². The van der Waals surface area contributed by atoms with Gasteiger partial charge in [0, 0.05) is 21.1 Å². The summed E-state index contributed by atoms with van der Waals surface area (Å²) in [6.45, 7) is 3.32. The zero-order chi connectivity index (χ0) is 12.3. The van der Waals surface area contributed by atoms with Gasteiger partial charge < -0.3 is 0 Å². The number of rotatable bonds is 4. The highest BCUT2D eigenvalue weighted by Crippen LogP contribution is 2.30. The second-order valence-electron chi connectivity index (χ2n) is 3.53. The third-order valence-electron chi connectivity index (χ3n) is 2.46. The molecule has 4 nitrogen and oxygen atoms in total. The van der Waals surface area contributed by atoms with Crippen molar-refractivity contribution in [3.63, 3.8) is 0 Å². The summed E-state index contributed by atoms with van der Waals surface area (Å²) in [7, 11) is 0. The first-order valence-corrected chi connectivity index (χ1v) is 5.99. The largest absolute Gasteiger partial charge is 0.299 e. The quantitative estimate of drug-likeness (QED) is 0.483. The van der Waals surface area contributed by atoms with Crippen LogP contribution >= 0.6 is 22.6 Å². The molecule has 0 saturated heterocycles. The standard InChI is InChI=1S/C11H12INO3/c1-3-9(7(2)14)10-5-4-8(12)6-11(10)13(15)16/h4-6,9H,3H2,1-2H3. The van der Waals surface area contributed by atoms with E-state index in [9.17, 15) is 14.9 Å². The molecule has 0 aliphatic rings. The van der Waals surface area contributed by atoms with Gasteiger partial charge in [0.05, 0.1) is 4.92 Å². The van der Waals surface area contributed by atoms with Crippen molar-refractivity contribution >= 4 is 34.1 Å². The molecule has 0 spiro atoms. The minimum atomic E-state index is -0.427. The van der Waals surface area contributed by atoms with E-state index in [1.54, 1.807) is 12.1 Å². The lowest BCUT2D eigenvalue weighted by molar-refractivity contribution is -0.385. The van der Waals surface area contributed by atoms with Gasteiger partial charge in [-0.25, -0.2) is 0 Å². The van der Waals surface area contributed by atoms with E-state index in [0.29, 0.717) is 12.0 Å². The van der Waals surface area contributed by atoms with Crippen LogP contribution in [0.4, 0.5) is 5.69 Å². The number of halogens is 1. The summed E-state index contributed by atoms with van der Waals surface area (Å²) >= 11 is 2.02. The number of nitrogens with zero attached hydrogens (tertiary/aromatic N) is 1. The molecular formula is C11H12INO3. The van der Waals surface area contributed by atoms with E-state index >= 15 is 0 Å². The molecule has 0 fully saturated rings. The van der Waals surface area contributed by atoms with Crippen molar-refractivity contribution < 1.29 is 9.72 Å². The molecule has 0 aliphatic heterocycles. The Bertz CT molecular complexity index is 431. The van der Waals surface area contributed by atoms with Crippen LogP contribution in [0, 0.1) is 13.7 Å². The maximum atomic E-state index is 11.4. The smallest absolute Gasteiger partial charge is 0.274 e. The van der Waals surface area contributed by atoms with Crippen molar-refractivity contribution in [2.45, 2.75) is 26.2 Å². The van der Waals surface area contributed by atoms with Gasteiger partial charge >= 0.3 is 0 Å². The van der Waals surface area contributed by atoms with E-state index < -0.39 is 4.92 Å². The van der Waals surface area contributed by atoms with Gasteiger partial charge in [-0.1, -0.05) is 13.0 Å². The van der Waals surface area contributed by atoms with Crippen LogP contribution in [-0.4, -0.2) is 10.7 Å². The topological polar surface area (TPSA) is 60.2 Å². The average Bonchev–Trinajstić information content (AvgIpc) is 2.20. The molecule has 0 heterocycles. The van der Waals surface area contributed by atoms with Crippen molar-refractivity contribution in [1.82, 2.24) is 0 Å². The van der Waals surface area contributed by atoms with E-state index in [-0.39, 0.29) is 17.4 Å².